The molecule has 4 heterocycles. The first-order valence-electron chi connectivity index (χ1n) is 9.98. The third kappa shape index (κ3) is 2.98. The van der Waals surface area contributed by atoms with Crippen LogP contribution in [0.3, 0.4) is 0 Å². The molecule has 2 aliphatic rings. The van der Waals surface area contributed by atoms with Gasteiger partial charge in [-0.15, -0.1) is 0 Å². The number of amides is 2. The molecule has 0 unspecified atom stereocenters. The molecule has 2 aromatic heterocycles. The number of pyridine rings is 1. The van der Waals surface area contributed by atoms with E-state index in [1.54, 1.807) is 15.5 Å². The van der Waals surface area contributed by atoms with Gasteiger partial charge in [0.05, 0.1) is 5.52 Å². The van der Waals surface area contributed by atoms with Gasteiger partial charge in [-0.1, -0.05) is 24.3 Å². The molecule has 1 saturated heterocycles. The molecule has 0 radical (unpaired) electrons. The number of hydrogen-bond acceptors (Lipinski definition) is 4. The van der Waals surface area contributed by atoms with Crippen molar-refractivity contribution in [1.29, 1.82) is 0 Å². The van der Waals surface area contributed by atoms with Gasteiger partial charge >= 0.3 is 0 Å². The van der Waals surface area contributed by atoms with E-state index in [4.69, 9.17) is 0 Å². The van der Waals surface area contributed by atoms with Crippen LogP contribution >= 0.6 is 0 Å². The zero-order valence-electron chi connectivity index (χ0n) is 16.4. The normalized spacial score (nSPS) is 17.0. The minimum Gasteiger partial charge on any atom is -0.333 e. The van der Waals surface area contributed by atoms with Crippen molar-refractivity contribution in [3.63, 3.8) is 0 Å². The number of anilines is 1. The van der Waals surface area contributed by atoms with Gasteiger partial charge in [0.15, 0.2) is 5.69 Å². The lowest BCUT2D eigenvalue weighted by Crippen LogP contribution is -2.47. The summed E-state index contributed by atoms with van der Waals surface area (Å²) in [6.07, 6.45) is 2.64. The maximum atomic E-state index is 13.4. The van der Waals surface area contributed by atoms with Gasteiger partial charge in [0.1, 0.15) is 0 Å². The smallest absolute Gasteiger partial charge is 0.290 e. The molecule has 7 heteroatoms. The summed E-state index contributed by atoms with van der Waals surface area (Å²) in [5.41, 5.74) is 3.10. The van der Waals surface area contributed by atoms with E-state index in [1.807, 2.05) is 41.3 Å². The molecule has 0 saturated carbocycles. The largest absolute Gasteiger partial charge is 0.333 e. The van der Waals surface area contributed by atoms with Gasteiger partial charge in [-0.25, -0.2) is 4.98 Å². The molecule has 7 nitrogen and oxygen atoms in total. The molecule has 0 spiro atoms. The summed E-state index contributed by atoms with van der Waals surface area (Å²) >= 11 is 0. The lowest BCUT2D eigenvalue weighted by molar-refractivity contribution is 0.0651. The maximum Gasteiger partial charge on any atom is 0.290 e. The van der Waals surface area contributed by atoms with Gasteiger partial charge in [-0.05, 0) is 37.2 Å². The third-order valence-electron chi connectivity index (χ3n) is 5.87. The van der Waals surface area contributed by atoms with E-state index in [0.29, 0.717) is 36.7 Å². The molecule has 1 fully saturated rings. The number of piperazine rings is 1. The van der Waals surface area contributed by atoms with Crippen molar-refractivity contribution in [3.8, 4) is 0 Å². The van der Waals surface area contributed by atoms with E-state index < -0.39 is 0 Å². The average Bonchev–Trinajstić information content (AvgIpc) is 3.35. The molecular weight excluding hydrogens is 366 g/mol. The number of hydrogen-bond donors (Lipinski definition) is 0. The van der Waals surface area contributed by atoms with E-state index in [1.165, 1.54) is 0 Å². The summed E-state index contributed by atoms with van der Waals surface area (Å²) in [6, 6.07) is 13.5. The molecule has 2 aliphatic heterocycles. The Morgan fingerprint density at radius 1 is 0.897 bits per heavy atom. The van der Waals surface area contributed by atoms with Crippen molar-refractivity contribution in [2.75, 3.05) is 44.7 Å². The number of imidazole rings is 1. The second-order valence-electron chi connectivity index (χ2n) is 7.67. The number of para-hydroxylation sites is 1. The summed E-state index contributed by atoms with van der Waals surface area (Å²) in [7, 11) is 2.05. The second kappa shape index (κ2) is 7.00. The highest BCUT2D eigenvalue weighted by atomic mass is 16.2. The van der Waals surface area contributed by atoms with E-state index >= 15 is 0 Å². The SMILES string of the molecule is CN1CCN(C(=O)c2nc(C(=O)N3CCc4ccccc43)c3ccccn23)CC1. The Bertz CT molecular complexity index is 1100. The van der Waals surface area contributed by atoms with Crippen molar-refractivity contribution in [2.45, 2.75) is 6.42 Å². The number of benzene rings is 1. The number of aromatic nitrogens is 2. The number of rotatable bonds is 2. The van der Waals surface area contributed by atoms with Crippen molar-refractivity contribution < 1.29 is 9.59 Å². The van der Waals surface area contributed by atoms with Crippen molar-refractivity contribution in [2.24, 2.45) is 0 Å². The lowest BCUT2D eigenvalue weighted by Gasteiger charge is -2.31. The Balaban J connectivity index is 1.53. The summed E-state index contributed by atoms with van der Waals surface area (Å²) in [5.74, 6) is 0.0252. The van der Waals surface area contributed by atoms with Gasteiger partial charge < -0.3 is 14.7 Å². The van der Waals surface area contributed by atoms with Crippen molar-refractivity contribution in [3.05, 3.63) is 65.7 Å². The molecule has 0 atom stereocenters. The number of likely N-dealkylation sites (N-methyl/N-ethyl adjacent to an activating group) is 1. The molecule has 3 aromatic rings. The first-order valence-corrected chi connectivity index (χ1v) is 9.98. The standard InChI is InChI=1S/C22H23N5O2/c1-24-12-14-25(15-13-24)22(29)20-23-19(18-8-4-5-10-26(18)20)21(28)27-11-9-16-6-2-3-7-17(16)27/h2-8,10H,9,11-15H2,1H3. The predicted octanol–water partition coefficient (Wildman–Crippen LogP) is 1.92. The van der Waals surface area contributed by atoms with Crippen LogP contribution in [0, 0.1) is 0 Å². The highest BCUT2D eigenvalue weighted by molar-refractivity contribution is 6.11. The Morgan fingerprint density at radius 2 is 1.66 bits per heavy atom. The van der Waals surface area contributed by atoms with Crippen LogP contribution in [0.15, 0.2) is 48.7 Å². The van der Waals surface area contributed by atoms with Crippen LogP contribution in [0.1, 0.15) is 26.7 Å². The number of fused-ring (bicyclic) bond motifs is 2. The van der Waals surface area contributed by atoms with Gasteiger partial charge in [-0.2, -0.15) is 0 Å². The van der Waals surface area contributed by atoms with Crippen LogP contribution in [0.5, 0.6) is 0 Å². The van der Waals surface area contributed by atoms with Gasteiger partial charge in [-0.3, -0.25) is 14.0 Å². The van der Waals surface area contributed by atoms with Gasteiger partial charge in [0.25, 0.3) is 11.8 Å². The third-order valence-corrected chi connectivity index (χ3v) is 5.87. The Hall–Kier alpha value is -3.19. The van der Waals surface area contributed by atoms with Crippen molar-refractivity contribution in [1.82, 2.24) is 19.2 Å². The zero-order valence-corrected chi connectivity index (χ0v) is 16.4. The van der Waals surface area contributed by atoms with Gasteiger partial charge in [0.2, 0.25) is 5.82 Å². The highest BCUT2D eigenvalue weighted by Crippen LogP contribution is 2.29. The molecule has 1 aromatic carbocycles. The van der Waals surface area contributed by atoms with Crippen molar-refractivity contribution >= 4 is 23.0 Å². The minimum atomic E-state index is -0.156. The molecule has 0 aliphatic carbocycles. The quantitative estimate of drug-likeness (QED) is 0.672. The molecule has 29 heavy (non-hydrogen) atoms. The molecule has 0 N–H and O–H groups in total. The summed E-state index contributed by atoms with van der Waals surface area (Å²) in [5, 5.41) is 0. The van der Waals surface area contributed by atoms with E-state index in [-0.39, 0.29) is 11.8 Å². The van der Waals surface area contributed by atoms with E-state index in [2.05, 4.69) is 23.0 Å². The number of carbonyl (C=O) groups excluding carboxylic acids is 2. The Morgan fingerprint density at radius 3 is 2.48 bits per heavy atom. The summed E-state index contributed by atoms with van der Waals surface area (Å²) in [4.78, 5) is 36.9. The number of nitrogens with zero attached hydrogens (tertiary/aromatic N) is 5. The van der Waals surface area contributed by atoms with Crippen LogP contribution in [0.2, 0.25) is 0 Å². The fourth-order valence-electron chi connectivity index (χ4n) is 4.17. The number of carbonyl (C=O) groups is 2. The molecule has 2 amide bonds. The minimum absolute atomic E-state index is 0.125. The lowest BCUT2D eigenvalue weighted by atomic mass is 10.2. The second-order valence-corrected chi connectivity index (χ2v) is 7.67. The van der Waals surface area contributed by atoms with E-state index in [0.717, 1.165) is 30.8 Å². The molecule has 148 valence electrons. The predicted molar refractivity (Wildman–Crippen MR) is 110 cm³/mol. The van der Waals surface area contributed by atoms with Crippen LogP contribution in [0.25, 0.3) is 5.52 Å². The monoisotopic (exact) mass is 389 g/mol. The summed E-state index contributed by atoms with van der Waals surface area (Å²) < 4.78 is 1.75. The topological polar surface area (TPSA) is 61.2 Å². The molecule has 5 rings (SSSR count). The molecular formula is C22H23N5O2. The fraction of sp³-hybridized carbons (Fsp3) is 0.318. The maximum absolute atomic E-state index is 13.4. The fourth-order valence-corrected chi connectivity index (χ4v) is 4.17. The average molecular weight is 389 g/mol. The molecule has 0 bridgehead atoms. The summed E-state index contributed by atoms with van der Waals surface area (Å²) in [6.45, 7) is 3.64. The van der Waals surface area contributed by atoms with Crippen LogP contribution in [-0.2, 0) is 6.42 Å². The Labute approximate surface area is 169 Å². The van der Waals surface area contributed by atoms with Crippen LogP contribution in [-0.4, -0.2) is 70.8 Å². The first kappa shape index (κ1) is 17.9. The first-order chi connectivity index (χ1) is 14.1. The zero-order chi connectivity index (χ0) is 20.0. The van der Waals surface area contributed by atoms with Crippen LogP contribution < -0.4 is 4.90 Å². The van der Waals surface area contributed by atoms with Gasteiger partial charge in [0, 0.05) is 44.6 Å². The Kier molecular flexibility index (Phi) is 4.32. The van der Waals surface area contributed by atoms with Crippen LogP contribution in [0.4, 0.5) is 5.69 Å². The van der Waals surface area contributed by atoms with E-state index in [9.17, 15) is 9.59 Å². The highest BCUT2D eigenvalue weighted by Gasteiger charge is 2.31.